The molecule has 0 bridgehead atoms. The lowest BCUT2D eigenvalue weighted by molar-refractivity contribution is -0.238. The number of ether oxygens (including phenoxy) is 1. The Balaban J connectivity index is 0.000000924. The molecule has 2 aliphatic heterocycles. The fourth-order valence-electron chi connectivity index (χ4n) is 3.99. The second-order valence-electron chi connectivity index (χ2n) is 6.29. The van der Waals surface area contributed by atoms with Gasteiger partial charge in [-0.05, 0) is 32.6 Å². The van der Waals surface area contributed by atoms with Crippen molar-refractivity contribution in [2.45, 2.75) is 63.7 Å². The largest absolute Gasteiger partial charge is 0.453 e. The molecular weight excluding hydrogens is 318 g/mol. The third-order valence-electron chi connectivity index (χ3n) is 5.25. The number of alkyl halides is 1. The summed E-state index contributed by atoms with van der Waals surface area (Å²) in [5, 5.41) is 13.5. The van der Waals surface area contributed by atoms with Crippen molar-refractivity contribution < 1.29 is 19.4 Å². The van der Waals surface area contributed by atoms with Crippen LogP contribution in [-0.4, -0.2) is 40.1 Å². The monoisotopic (exact) mass is 343 g/mol. The van der Waals surface area contributed by atoms with Crippen molar-refractivity contribution in [2.75, 3.05) is 5.88 Å². The number of aliphatic hydroxyl groups is 1. The number of rotatable bonds is 4. The van der Waals surface area contributed by atoms with Gasteiger partial charge in [0.05, 0.1) is 12.0 Å². The number of aliphatic hydroxyl groups excluding tert-OH is 1. The third kappa shape index (κ3) is 2.49. The molecule has 3 aliphatic rings. The summed E-state index contributed by atoms with van der Waals surface area (Å²) in [6.07, 6.45) is 6.17. The molecule has 0 spiro atoms. The maximum absolute atomic E-state index is 12.2. The molecule has 0 aromatic rings. The maximum atomic E-state index is 12.2. The molecule has 130 valence electrons. The molecule has 0 aromatic carbocycles. The van der Waals surface area contributed by atoms with Crippen LogP contribution in [0.5, 0.6) is 0 Å². The molecule has 2 N–H and O–H groups in total. The number of fused-ring (bicyclic) bond motifs is 1. The van der Waals surface area contributed by atoms with Crippen LogP contribution < -0.4 is 5.32 Å². The van der Waals surface area contributed by atoms with E-state index in [1.165, 1.54) is 0 Å². The summed E-state index contributed by atoms with van der Waals surface area (Å²) in [6, 6.07) is 0. The molecule has 0 saturated carbocycles. The summed E-state index contributed by atoms with van der Waals surface area (Å²) in [7, 11) is 0. The second-order valence-corrected chi connectivity index (χ2v) is 6.67. The molecule has 23 heavy (non-hydrogen) atoms. The van der Waals surface area contributed by atoms with E-state index in [1.54, 1.807) is 6.92 Å². The van der Waals surface area contributed by atoms with Crippen LogP contribution >= 0.6 is 11.6 Å². The van der Waals surface area contributed by atoms with E-state index in [9.17, 15) is 14.7 Å². The summed E-state index contributed by atoms with van der Waals surface area (Å²) in [6.45, 7) is 5.72. The first-order chi connectivity index (χ1) is 11.0. The molecular formula is C17H26ClNO4. The lowest BCUT2D eigenvalue weighted by atomic mass is 9.64. The van der Waals surface area contributed by atoms with Crippen LogP contribution in [0.3, 0.4) is 0 Å². The van der Waals surface area contributed by atoms with Crippen LogP contribution in [0.25, 0.3) is 0 Å². The van der Waals surface area contributed by atoms with E-state index in [0.717, 1.165) is 19.3 Å². The smallest absolute Gasteiger partial charge is 0.339 e. The Morgan fingerprint density at radius 2 is 2.17 bits per heavy atom. The average molecular weight is 344 g/mol. The maximum Gasteiger partial charge on any atom is 0.339 e. The van der Waals surface area contributed by atoms with Gasteiger partial charge in [0.1, 0.15) is 0 Å². The number of hydrogen-bond donors (Lipinski definition) is 2. The number of hydrogen-bond acceptors (Lipinski definition) is 4. The van der Waals surface area contributed by atoms with Crippen molar-refractivity contribution in [3.63, 3.8) is 0 Å². The average Bonchev–Trinajstić information content (AvgIpc) is 2.75. The topological polar surface area (TPSA) is 75.6 Å². The number of amides is 1. The molecule has 0 radical (unpaired) electrons. The van der Waals surface area contributed by atoms with Gasteiger partial charge in [-0.25, -0.2) is 4.79 Å². The normalized spacial score (nSPS) is 39.3. The lowest BCUT2D eigenvalue weighted by Gasteiger charge is -2.54. The fraction of sp³-hybridized carbons (Fsp3) is 0.765. The highest BCUT2D eigenvalue weighted by atomic mass is 35.5. The second kappa shape index (κ2) is 6.81. The minimum absolute atomic E-state index is 0.138. The van der Waals surface area contributed by atoms with Crippen LogP contribution in [-0.2, 0) is 14.3 Å². The van der Waals surface area contributed by atoms with E-state index in [0.29, 0.717) is 12.3 Å². The van der Waals surface area contributed by atoms with Crippen molar-refractivity contribution in [3.8, 4) is 0 Å². The SMILES string of the molecule is CC.C[C@@]12OC(=O)[C@]1([C@@H](O)C1C=CCCC1)NC(=O)C2CCCl. The Morgan fingerprint density at radius 3 is 2.70 bits per heavy atom. The first-order valence-corrected chi connectivity index (χ1v) is 8.97. The Kier molecular flexibility index (Phi) is 5.41. The zero-order valence-electron chi connectivity index (χ0n) is 14.0. The van der Waals surface area contributed by atoms with Gasteiger partial charge in [-0.15, -0.1) is 11.6 Å². The quantitative estimate of drug-likeness (QED) is 0.466. The van der Waals surface area contributed by atoms with Gasteiger partial charge in [-0.2, -0.15) is 0 Å². The van der Waals surface area contributed by atoms with Gasteiger partial charge < -0.3 is 15.2 Å². The van der Waals surface area contributed by atoms with Gasteiger partial charge in [0.15, 0.2) is 5.60 Å². The summed E-state index contributed by atoms with van der Waals surface area (Å²) < 4.78 is 5.34. The number of carbonyl (C=O) groups excluding carboxylic acids is 2. The Hall–Kier alpha value is -1.07. The molecule has 2 fully saturated rings. The fourth-order valence-corrected chi connectivity index (χ4v) is 4.21. The first kappa shape index (κ1) is 18.3. The minimum atomic E-state index is -1.33. The van der Waals surface area contributed by atoms with Crippen LogP contribution in [0.15, 0.2) is 12.2 Å². The summed E-state index contributed by atoms with van der Waals surface area (Å²) in [4.78, 5) is 24.4. The van der Waals surface area contributed by atoms with Crippen molar-refractivity contribution in [1.29, 1.82) is 0 Å². The number of esters is 1. The summed E-state index contributed by atoms with van der Waals surface area (Å²) in [5.74, 6) is -1.14. The highest BCUT2D eigenvalue weighted by Gasteiger charge is 2.79. The molecule has 2 heterocycles. The van der Waals surface area contributed by atoms with Crippen LogP contribution in [0.4, 0.5) is 0 Å². The summed E-state index contributed by atoms with van der Waals surface area (Å²) in [5.41, 5.74) is -2.34. The first-order valence-electron chi connectivity index (χ1n) is 8.43. The predicted octanol–water partition coefficient (Wildman–Crippen LogP) is 2.16. The molecule has 5 nitrogen and oxygen atoms in total. The van der Waals surface area contributed by atoms with Gasteiger partial charge in [-0.3, -0.25) is 4.79 Å². The van der Waals surface area contributed by atoms with E-state index in [-0.39, 0.29) is 11.8 Å². The lowest BCUT2D eigenvalue weighted by Crippen LogP contribution is -2.80. The van der Waals surface area contributed by atoms with E-state index in [2.05, 4.69) is 5.32 Å². The van der Waals surface area contributed by atoms with Crippen molar-refractivity contribution in [1.82, 2.24) is 5.32 Å². The highest BCUT2D eigenvalue weighted by Crippen LogP contribution is 2.53. The summed E-state index contributed by atoms with van der Waals surface area (Å²) >= 11 is 5.76. The van der Waals surface area contributed by atoms with Gasteiger partial charge in [0.25, 0.3) is 0 Å². The van der Waals surface area contributed by atoms with Crippen LogP contribution in [0.1, 0.15) is 46.5 Å². The van der Waals surface area contributed by atoms with Gasteiger partial charge in [0.2, 0.25) is 11.4 Å². The molecule has 6 heteroatoms. The van der Waals surface area contributed by atoms with Crippen LogP contribution in [0, 0.1) is 11.8 Å². The van der Waals surface area contributed by atoms with Crippen molar-refractivity contribution in [2.24, 2.45) is 11.8 Å². The number of halogens is 1. The van der Waals surface area contributed by atoms with E-state index >= 15 is 0 Å². The third-order valence-corrected chi connectivity index (χ3v) is 5.47. The molecule has 1 aliphatic carbocycles. The predicted molar refractivity (Wildman–Crippen MR) is 88.0 cm³/mol. The van der Waals surface area contributed by atoms with Gasteiger partial charge in [0, 0.05) is 11.8 Å². The van der Waals surface area contributed by atoms with Gasteiger partial charge in [-0.1, -0.05) is 26.0 Å². The molecule has 0 aromatic heterocycles. The molecule has 5 atom stereocenters. The van der Waals surface area contributed by atoms with Crippen molar-refractivity contribution >= 4 is 23.5 Å². The van der Waals surface area contributed by atoms with Gasteiger partial charge >= 0.3 is 5.97 Å². The zero-order chi connectivity index (χ0) is 17.3. The van der Waals surface area contributed by atoms with E-state index in [1.807, 2.05) is 26.0 Å². The standard InChI is InChI=1S/C15H20ClNO4.C2H6/c1-14-10(7-8-16)12(19)17-15(14,13(20)21-14)11(18)9-5-3-2-4-6-9;1-2/h3,5,9-11,18H,2,4,6-8H2,1H3,(H,17,19);1-2H3/t9?,10?,11-,14-,15-;/m0./s1. The molecule has 2 saturated heterocycles. The Bertz CT molecular complexity index is 509. The minimum Gasteiger partial charge on any atom is -0.453 e. The van der Waals surface area contributed by atoms with Crippen molar-refractivity contribution in [3.05, 3.63) is 12.2 Å². The molecule has 1 amide bonds. The van der Waals surface area contributed by atoms with E-state index < -0.39 is 29.1 Å². The number of nitrogens with one attached hydrogen (secondary N) is 1. The van der Waals surface area contributed by atoms with E-state index in [4.69, 9.17) is 16.3 Å². The molecule has 3 rings (SSSR count). The molecule has 2 unspecified atom stereocenters. The highest BCUT2D eigenvalue weighted by molar-refractivity contribution is 6.18. The Morgan fingerprint density at radius 1 is 1.48 bits per heavy atom. The van der Waals surface area contributed by atoms with Crippen LogP contribution in [0.2, 0.25) is 0 Å². The number of allylic oxidation sites excluding steroid dienone is 1. The Labute approximate surface area is 142 Å². The number of carbonyl (C=O) groups is 2. The zero-order valence-corrected chi connectivity index (χ0v) is 14.7.